The molecule has 1 aliphatic carbocycles. The summed E-state index contributed by atoms with van der Waals surface area (Å²) in [4.78, 5) is 15.5. The zero-order chi connectivity index (χ0) is 15.0. The van der Waals surface area contributed by atoms with E-state index >= 15 is 0 Å². The van der Waals surface area contributed by atoms with E-state index in [2.05, 4.69) is 10.1 Å². The predicted molar refractivity (Wildman–Crippen MR) is 72.0 cm³/mol. The summed E-state index contributed by atoms with van der Waals surface area (Å²) in [6.07, 6.45) is 1.29. The van der Waals surface area contributed by atoms with Gasteiger partial charge in [-0.05, 0) is 30.9 Å². The highest BCUT2D eigenvalue weighted by Crippen LogP contribution is 2.42. The molecule has 6 heteroatoms. The van der Waals surface area contributed by atoms with E-state index in [-0.39, 0.29) is 23.2 Å². The lowest BCUT2D eigenvalue weighted by Gasteiger charge is -2.09. The number of carbonyl (C=O) groups is 1. The summed E-state index contributed by atoms with van der Waals surface area (Å²) in [7, 11) is 0. The molecule has 2 aromatic rings. The summed E-state index contributed by atoms with van der Waals surface area (Å²) in [5.41, 5.74) is 0.255. The lowest BCUT2D eigenvalue weighted by Crippen LogP contribution is -2.17. The number of aromatic nitrogens is 2. The topological polar surface area (TPSA) is 76.2 Å². The van der Waals surface area contributed by atoms with Crippen LogP contribution in [0.3, 0.4) is 0 Å². The molecule has 1 saturated carbocycles. The molecule has 0 radical (unpaired) electrons. The van der Waals surface area contributed by atoms with Crippen LogP contribution in [0, 0.1) is 17.7 Å². The standard InChI is InChI=1S/C15H15FN2O3/c1-8-6-10(11(7-8)15(19)20)14-17-13(18-21-14)9-4-2-3-5-12(9)16/h2-5,8,10-11H,6-7H2,1H3,(H,19,20). The first-order valence-electron chi connectivity index (χ1n) is 6.87. The normalized spacial score (nSPS) is 25.1. The molecule has 5 nitrogen and oxygen atoms in total. The van der Waals surface area contributed by atoms with Crippen LogP contribution in [0.1, 0.15) is 31.6 Å². The molecule has 1 N–H and O–H groups in total. The number of rotatable bonds is 3. The van der Waals surface area contributed by atoms with Gasteiger partial charge in [0.05, 0.1) is 17.4 Å². The number of halogens is 1. The highest BCUT2D eigenvalue weighted by molar-refractivity contribution is 5.71. The van der Waals surface area contributed by atoms with Gasteiger partial charge in [0.15, 0.2) is 0 Å². The van der Waals surface area contributed by atoms with Crippen molar-refractivity contribution >= 4 is 5.97 Å². The molecule has 0 aliphatic heterocycles. The maximum Gasteiger partial charge on any atom is 0.307 e. The molecule has 110 valence electrons. The SMILES string of the molecule is CC1CC(C(=O)O)C(c2nc(-c3ccccc3F)no2)C1. The smallest absolute Gasteiger partial charge is 0.307 e. The first-order chi connectivity index (χ1) is 10.1. The Balaban J connectivity index is 1.92. The molecular weight excluding hydrogens is 275 g/mol. The number of aliphatic carboxylic acids is 1. The van der Waals surface area contributed by atoms with Crippen molar-refractivity contribution in [2.24, 2.45) is 11.8 Å². The Morgan fingerprint density at radius 2 is 2.14 bits per heavy atom. The second kappa shape index (κ2) is 5.27. The highest BCUT2D eigenvalue weighted by Gasteiger charge is 2.41. The van der Waals surface area contributed by atoms with Crippen LogP contribution in [-0.2, 0) is 4.79 Å². The van der Waals surface area contributed by atoms with Crippen molar-refractivity contribution in [2.45, 2.75) is 25.7 Å². The zero-order valence-electron chi connectivity index (χ0n) is 11.5. The molecule has 1 fully saturated rings. The first kappa shape index (κ1) is 13.7. The van der Waals surface area contributed by atoms with E-state index in [1.165, 1.54) is 6.07 Å². The van der Waals surface area contributed by atoms with E-state index in [9.17, 15) is 14.3 Å². The van der Waals surface area contributed by atoms with Gasteiger partial charge in [-0.3, -0.25) is 4.79 Å². The molecule has 1 aliphatic rings. The van der Waals surface area contributed by atoms with Gasteiger partial charge in [-0.15, -0.1) is 0 Å². The Morgan fingerprint density at radius 1 is 1.38 bits per heavy atom. The molecule has 3 atom stereocenters. The third-order valence-electron chi connectivity index (χ3n) is 3.99. The minimum absolute atomic E-state index is 0.159. The lowest BCUT2D eigenvalue weighted by atomic mass is 9.96. The van der Waals surface area contributed by atoms with Gasteiger partial charge >= 0.3 is 5.97 Å². The van der Waals surface area contributed by atoms with Crippen molar-refractivity contribution in [1.82, 2.24) is 10.1 Å². The van der Waals surface area contributed by atoms with Crippen molar-refractivity contribution < 1.29 is 18.8 Å². The molecule has 0 amide bonds. The Bertz CT molecular complexity index is 670. The Morgan fingerprint density at radius 3 is 2.86 bits per heavy atom. The number of nitrogens with zero attached hydrogens (tertiary/aromatic N) is 2. The van der Waals surface area contributed by atoms with Crippen LogP contribution in [0.4, 0.5) is 4.39 Å². The molecular formula is C15H15FN2O3. The van der Waals surface area contributed by atoms with Gasteiger partial charge in [0.25, 0.3) is 0 Å². The fraction of sp³-hybridized carbons (Fsp3) is 0.400. The van der Waals surface area contributed by atoms with E-state index in [0.29, 0.717) is 18.8 Å². The van der Waals surface area contributed by atoms with Crippen LogP contribution in [0.15, 0.2) is 28.8 Å². The number of hydrogen-bond acceptors (Lipinski definition) is 4. The second-order valence-electron chi connectivity index (χ2n) is 5.56. The minimum atomic E-state index is -0.852. The molecule has 0 spiro atoms. The van der Waals surface area contributed by atoms with Gasteiger partial charge in [0, 0.05) is 0 Å². The predicted octanol–water partition coefficient (Wildman–Crippen LogP) is 3.09. The van der Waals surface area contributed by atoms with Crippen LogP contribution in [0.2, 0.25) is 0 Å². The fourth-order valence-electron chi connectivity index (χ4n) is 2.98. The van der Waals surface area contributed by atoms with Gasteiger partial charge in [-0.1, -0.05) is 24.2 Å². The molecule has 21 heavy (non-hydrogen) atoms. The van der Waals surface area contributed by atoms with E-state index in [0.717, 1.165) is 0 Å². The molecule has 1 heterocycles. The van der Waals surface area contributed by atoms with Crippen molar-refractivity contribution in [1.29, 1.82) is 0 Å². The minimum Gasteiger partial charge on any atom is -0.481 e. The van der Waals surface area contributed by atoms with Crippen molar-refractivity contribution in [3.63, 3.8) is 0 Å². The van der Waals surface area contributed by atoms with Crippen LogP contribution < -0.4 is 0 Å². The van der Waals surface area contributed by atoms with Crippen molar-refractivity contribution in [3.05, 3.63) is 36.0 Å². The Hall–Kier alpha value is -2.24. The third kappa shape index (κ3) is 2.53. The molecule has 1 aromatic heterocycles. The van der Waals surface area contributed by atoms with Crippen molar-refractivity contribution in [2.75, 3.05) is 0 Å². The van der Waals surface area contributed by atoms with Gasteiger partial charge in [-0.2, -0.15) is 4.98 Å². The fourth-order valence-corrected chi connectivity index (χ4v) is 2.98. The van der Waals surface area contributed by atoms with Gasteiger partial charge in [0.1, 0.15) is 5.82 Å². The summed E-state index contributed by atoms with van der Waals surface area (Å²) < 4.78 is 18.9. The molecule has 3 rings (SSSR count). The number of benzene rings is 1. The van der Waals surface area contributed by atoms with Crippen LogP contribution in [0.25, 0.3) is 11.4 Å². The third-order valence-corrected chi connectivity index (χ3v) is 3.99. The molecule has 0 bridgehead atoms. The number of hydrogen-bond donors (Lipinski definition) is 1. The van der Waals surface area contributed by atoms with E-state index in [1.54, 1.807) is 18.2 Å². The summed E-state index contributed by atoms with van der Waals surface area (Å²) in [5.74, 6) is -1.37. The van der Waals surface area contributed by atoms with Gasteiger partial charge in [-0.25, -0.2) is 4.39 Å². The number of carboxylic acids is 1. The Labute approximate surface area is 120 Å². The summed E-state index contributed by atoms with van der Waals surface area (Å²) in [6, 6.07) is 6.16. The maximum atomic E-state index is 13.7. The quantitative estimate of drug-likeness (QED) is 0.940. The van der Waals surface area contributed by atoms with Crippen LogP contribution in [-0.4, -0.2) is 21.2 Å². The summed E-state index contributed by atoms with van der Waals surface area (Å²) >= 11 is 0. The first-order valence-corrected chi connectivity index (χ1v) is 6.87. The second-order valence-corrected chi connectivity index (χ2v) is 5.56. The van der Waals surface area contributed by atoms with Crippen LogP contribution >= 0.6 is 0 Å². The summed E-state index contributed by atoms with van der Waals surface area (Å²) in [6.45, 7) is 2.00. The van der Waals surface area contributed by atoms with E-state index in [4.69, 9.17) is 4.52 Å². The lowest BCUT2D eigenvalue weighted by molar-refractivity contribution is -0.142. The molecule has 0 saturated heterocycles. The van der Waals surface area contributed by atoms with Gasteiger partial charge < -0.3 is 9.63 Å². The molecule has 1 aromatic carbocycles. The average Bonchev–Trinajstić information content (AvgIpc) is 3.05. The van der Waals surface area contributed by atoms with Gasteiger partial charge in [0.2, 0.25) is 11.7 Å². The van der Waals surface area contributed by atoms with Crippen LogP contribution in [0.5, 0.6) is 0 Å². The molecule has 3 unspecified atom stereocenters. The number of carboxylic acid groups (broad SMARTS) is 1. The van der Waals surface area contributed by atoms with E-state index in [1.807, 2.05) is 6.92 Å². The zero-order valence-corrected chi connectivity index (χ0v) is 11.5. The Kier molecular flexibility index (Phi) is 3.45. The van der Waals surface area contributed by atoms with E-state index < -0.39 is 17.7 Å². The largest absolute Gasteiger partial charge is 0.481 e. The maximum absolute atomic E-state index is 13.7. The average molecular weight is 290 g/mol. The summed E-state index contributed by atoms with van der Waals surface area (Å²) in [5, 5.41) is 13.1. The van der Waals surface area contributed by atoms with Crippen molar-refractivity contribution in [3.8, 4) is 11.4 Å². The monoisotopic (exact) mass is 290 g/mol. The highest BCUT2D eigenvalue weighted by atomic mass is 19.1.